The van der Waals surface area contributed by atoms with Crippen molar-refractivity contribution in [1.29, 1.82) is 5.26 Å². The summed E-state index contributed by atoms with van der Waals surface area (Å²) < 4.78 is 42.6. The molecule has 0 bridgehead atoms. The number of unbranched alkanes of at least 4 members (excludes halogenated alkanes) is 3. The summed E-state index contributed by atoms with van der Waals surface area (Å²) in [5, 5.41) is 8.70. The van der Waals surface area contributed by atoms with Crippen LogP contribution in [0.25, 0.3) is 0 Å². The van der Waals surface area contributed by atoms with Gasteiger partial charge in [-0.1, -0.05) is 26.2 Å². The van der Waals surface area contributed by atoms with E-state index in [9.17, 15) is 18.0 Å². The highest BCUT2D eigenvalue weighted by molar-refractivity contribution is 9.10. The molecule has 0 heterocycles. The zero-order chi connectivity index (χ0) is 19.9. The highest BCUT2D eigenvalue weighted by Crippen LogP contribution is 2.30. The molecule has 0 amide bonds. The van der Waals surface area contributed by atoms with Crippen LogP contribution in [0.5, 0.6) is 0 Å². The minimum absolute atomic E-state index is 0.0363. The lowest BCUT2D eigenvalue weighted by Gasteiger charge is -2.10. The second-order valence-corrected chi connectivity index (χ2v) is 6.28. The predicted octanol–water partition coefficient (Wildman–Crippen LogP) is 6.25. The predicted molar refractivity (Wildman–Crippen MR) is 98.7 cm³/mol. The Kier molecular flexibility index (Phi) is 13.7. The van der Waals surface area contributed by atoms with E-state index in [4.69, 9.17) is 10.00 Å². The van der Waals surface area contributed by atoms with E-state index >= 15 is 0 Å². The summed E-state index contributed by atoms with van der Waals surface area (Å²) in [6.45, 7) is 1.85. The fourth-order valence-corrected chi connectivity index (χ4v) is 2.89. The quantitative estimate of drug-likeness (QED) is 0.340. The van der Waals surface area contributed by atoms with Crippen LogP contribution < -0.4 is 0 Å². The number of halogens is 4. The van der Waals surface area contributed by atoms with Crippen LogP contribution in [0, 0.1) is 11.3 Å². The van der Waals surface area contributed by atoms with E-state index in [1.54, 1.807) is 6.07 Å². The lowest BCUT2D eigenvalue weighted by molar-refractivity contribution is -0.143. The van der Waals surface area contributed by atoms with Gasteiger partial charge in [0.2, 0.25) is 0 Å². The molecule has 26 heavy (non-hydrogen) atoms. The topological polar surface area (TPSA) is 50.1 Å². The number of ether oxygens (including phenoxy) is 1. The molecule has 1 aromatic rings. The van der Waals surface area contributed by atoms with Crippen LogP contribution in [-0.2, 0) is 29.6 Å². The van der Waals surface area contributed by atoms with Crippen molar-refractivity contribution in [2.45, 2.75) is 66.0 Å². The van der Waals surface area contributed by atoms with Crippen LogP contribution in [-0.4, -0.2) is 12.6 Å². The van der Waals surface area contributed by atoms with Crippen molar-refractivity contribution in [3.8, 4) is 6.07 Å². The Morgan fingerprint density at radius 3 is 2.23 bits per heavy atom. The van der Waals surface area contributed by atoms with Gasteiger partial charge in [0, 0.05) is 22.0 Å². The molecule has 3 nitrogen and oxygen atoms in total. The number of benzene rings is 1. The number of esters is 1. The maximum absolute atomic E-state index is 12.6. The first-order chi connectivity index (χ1) is 12.5. The third-order valence-corrected chi connectivity index (χ3v) is 4.59. The van der Waals surface area contributed by atoms with Crippen LogP contribution in [0.1, 0.15) is 68.2 Å². The summed E-state index contributed by atoms with van der Waals surface area (Å²) in [4.78, 5) is 10.8. The highest BCUT2D eigenvalue weighted by atomic mass is 79.9. The van der Waals surface area contributed by atoms with Crippen molar-refractivity contribution < 1.29 is 22.7 Å². The SMILES string of the molecule is CCCCCCC(=O)OCC.N#Cc1cc(CF)c(CF)c(Br)c1CF. The molecular formula is C19H25BrF3NO2. The van der Waals surface area contributed by atoms with Gasteiger partial charge in [-0.3, -0.25) is 4.79 Å². The second kappa shape index (κ2) is 14.6. The summed E-state index contributed by atoms with van der Waals surface area (Å²) in [5.74, 6) is -0.0522. The van der Waals surface area contributed by atoms with Gasteiger partial charge in [0.25, 0.3) is 0 Å². The number of nitrogens with zero attached hydrogens (tertiary/aromatic N) is 1. The smallest absolute Gasteiger partial charge is 0.305 e. The molecule has 0 saturated heterocycles. The molecule has 146 valence electrons. The van der Waals surface area contributed by atoms with Crippen LogP contribution in [0.15, 0.2) is 10.5 Å². The van der Waals surface area contributed by atoms with Gasteiger partial charge in [0.05, 0.1) is 18.2 Å². The van der Waals surface area contributed by atoms with Gasteiger partial charge >= 0.3 is 5.97 Å². The van der Waals surface area contributed by atoms with E-state index < -0.39 is 20.0 Å². The third-order valence-electron chi connectivity index (χ3n) is 3.63. The molecule has 0 N–H and O–H groups in total. The first-order valence-electron chi connectivity index (χ1n) is 8.57. The van der Waals surface area contributed by atoms with Crippen molar-refractivity contribution in [2.24, 2.45) is 0 Å². The average molecular weight is 436 g/mol. The monoisotopic (exact) mass is 435 g/mol. The maximum atomic E-state index is 12.6. The maximum Gasteiger partial charge on any atom is 0.305 e. The van der Waals surface area contributed by atoms with E-state index in [0.29, 0.717) is 13.0 Å². The number of alkyl halides is 3. The summed E-state index contributed by atoms with van der Waals surface area (Å²) in [5.41, 5.74) is 0.263. The lowest BCUT2D eigenvalue weighted by Crippen LogP contribution is -2.02. The van der Waals surface area contributed by atoms with Gasteiger partial charge in [-0.05, 0) is 40.9 Å². The molecule has 0 spiro atoms. The Bertz CT molecular complexity index is 603. The van der Waals surface area contributed by atoms with Crippen LogP contribution in [0.3, 0.4) is 0 Å². The Morgan fingerprint density at radius 1 is 1.12 bits per heavy atom. The van der Waals surface area contributed by atoms with Crippen molar-refractivity contribution in [1.82, 2.24) is 0 Å². The van der Waals surface area contributed by atoms with Crippen LogP contribution >= 0.6 is 15.9 Å². The molecule has 0 aliphatic heterocycles. The fraction of sp³-hybridized carbons (Fsp3) is 0.579. The summed E-state index contributed by atoms with van der Waals surface area (Å²) in [6.07, 6.45) is 5.15. The molecule has 0 unspecified atom stereocenters. The van der Waals surface area contributed by atoms with Crippen LogP contribution in [0.2, 0.25) is 0 Å². The molecule has 0 radical (unpaired) electrons. The molecule has 0 atom stereocenters. The number of rotatable bonds is 9. The summed E-state index contributed by atoms with van der Waals surface area (Å²) >= 11 is 2.99. The number of nitriles is 1. The first-order valence-corrected chi connectivity index (χ1v) is 9.36. The molecule has 7 heteroatoms. The standard InChI is InChI=1S/C10H7BrF3N.C9H18O2/c11-10-8(3-13)6(2-12)1-7(5-15)9(10)4-14;1-3-5-6-7-8-9(10)11-4-2/h1H,2-4H2;3-8H2,1-2H3. The van der Waals surface area contributed by atoms with E-state index in [-0.39, 0.29) is 32.7 Å². The lowest BCUT2D eigenvalue weighted by atomic mass is 10.0. The normalized spacial score (nSPS) is 9.88. The Balaban J connectivity index is 0.000000508. The van der Waals surface area contributed by atoms with Crippen molar-refractivity contribution >= 4 is 21.9 Å². The van der Waals surface area contributed by atoms with Crippen LogP contribution in [0.4, 0.5) is 13.2 Å². The molecular weight excluding hydrogens is 411 g/mol. The Morgan fingerprint density at radius 2 is 1.77 bits per heavy atom. The fourth-order valence-electron chi connectivity index (χ4n) is 2.21. The van der Waals surface area contributed by atoms with Gasteiger partial charge in [-0.25, -0.2) is 13.2 Å². The van der Waals surface area contributed by atoms with E-state index in [2.05, 4.69) is 22.9 Å². The van der Waals surface area contributed by atoms with Gasteiger partial charge in [0.1, 0.15) is 20.0 Å². The van der Waals surface area contributed by atoms with E-state index in [1.165, 1.54) is 18.9 Å². The number of carbonyl (C=O) groups excluding carboxylic acids is 1. The number of carbonyl (C=O) groups is 1. The molecule has 0 aromatic heterocycles. The van der Waals surface area contributed by atoms with Gasteiger partial charge in [-0.2, -0.15) is 5.26 Å². The van der Waals surface area contributed by atoms with Crippen molar-refractivity contribution in [2.75, 3.05) is 6.61 Å². The zero-order valence-electron chi connectivity index (χ0n) is 15.2. The summed E-state index contributed by atoms with van der Waals surface area (Å²) in [6, 6.07) is 2.94. The van der Waals surface area contributed by atoms with E-state index in [0.717, 1.165) is 12.8 Å². The first kappa shape index (κ1) is 24.5. The molecule has 0 aliphatic rings. The largest absolute Gasteiger partial charge is 0.466 e. The highest BCUT2D eigenvalue weighted by Gasteiger charge is 2.15. The molecule has 0 saturated carbocycles. The second-order valence-electron chi connectivity index (χ2n) is 5.48. The number of hydrogen-bond acceptors (Lipinski definition) is 3. The minimum atomic E-state index is -0.890. The third kappa shape index (κ3) is 8.22. The molecule has 0 aliphatic carbocycles. The average Bonchev–Trinajstić information content (AvgIpc) is 2.65. The zero-order valence-corrected chi connectivity index (χ0v) is 16.8. The Labute approximate surface area is 161 Å². The molecule has 1 rings (SSSR count). The van der Waals surface area contributed by atoms with Gasteiger partial charge in [-0.15, -0.1) is 0 Å². The van der Waals surface area contributed by atoms with Crippen molar-refractivity contribution in [3.05, 3.63) is 32.8 Å². The van der Waals surface area contributed by atoms with Gasteiger partial charge in [0.15, 0.2) is 0 Å². The van der Waals surface area contributed by atoms with Crippen molar-refractivity contribution in [3.63, 3.8) is 0 Å². The molecule has 0 fully saturated rings. The van der Waals surface area contributed by atoms with Gasteiger partial charge < -0.3 is 4.74 Å². The molecule has 1 aromatic carbocycles. The van der Waals surface area contributed by atoms with E-state index in [1.807, 2.05) is 6.92 Å². The Hall–Kier alpha value is -1.55. The summed E-state index contributed by atoms with van der Waals surface area (Å²) in [7, 11) is 0. The minimum Gasteiger partial charge on any atom is -0.466 e. The number of hydrogen-bond donors (Lipinski definition) is 0.